The summed E-state index contributed by atoms with van der Waals surface area (Å²) in [4.78, 5) is 15.5. The minimum absolute atomic E-state index is 0.0246. The van der Waals surface area contributed by atoms with Crippen molar-refractivity contribution in [1.29, 1.82) is 0 Å². The van der Waals surface area contributed by atoms with Crippen LogP contribution in [-0.2, 0) is 23.2 Å². The Labute approximate surface area is 173 Å². The average Bonchev–Trinajstić information content (AvgIpc) is 3.02. The molecule has 3 aromatic rings. The summed E-state index contributed by atoms with van der Waals surface area (Å²) in [6, 6.07) is 5.17. The first kappa shape index (κ1) is 22.4. The number of sulfonamides is 1. The molecule has 2 aromatic carbocycles. The molecule has 1 amide bonds. The smallest absolute Gasteiger partial charge is 0.333 e. The van der Waals surface area contributed by atoms with Gasteiger partial charge >= 0.3 is 6.18 Å². The maximum atomic E-state index is 14.0. The summed E-state index contributed by atoms with van der Waals surface area (Å²) in [5.74, 6) is -3.47. The van der Waals surface area contributed by atoms with Crippen molar-refractivity contribution in [3.63, 3.8) is 0 Å². The number of alkyl halides is 3. The minimum atomic E-state index is -4.79. The molecular formula is C19H14F5N3O3S. The Morgan fingerprint density at radius 1 is 1.10 bits per heavy atom. The van der Waals surface area contributed by atoms with Gasteiger partial charge < -0.3 is 4.57 Å². The third-order valence-electron chi connectivity index (χ3n) is 4.33. The van der Waals surface area contributed by atoms with Crippen LogP contribution >= 0.6 is 0 Å². The molecule has 31 heavy (non-hydrogen) atoms. The predicted octanol–water partition coefficient (Wildman–Crippen LogP) is 3.81. The van der Waals surface area contributed by atoms with E-state index in [9.17, 15) is 35.2 Å². The molecule has 6 nitrogen and oxygen atoms in total. The number of carbonyl (C=O) groups excluding carboxylic acids is 1. The number of imidazole rings is 1. The largest absolute Gasteiger partial charge is 0.416 e. The van der Waals surface area contributed by atoms with E-state index in [0.717, 1.165) is 35.0 Å². The molecule has 164 valence electrons. The van der Waals surface area contributed by atoms with Crippen molar-refractivity contribution in [2.24, 2.45) is 7.05 Å². The minimum Gasteiger partial charge on any atom is -0.333 e. The first-order valence-corrected chi connectivity index (χ1v) is 10.0. The normalized spacial score (nSPS) is 12.1. The van der Waals surface area contributed by atoms with Gasteiger partial charge in [0.05, 0.1) is 16.0 Å². The topological polar surface area (TPSA) is 81.1 Å². The van der Waals surface area contributed by atoms with Crippen molar-refractivity contribution in [3.05, 3.63) is 71.1 Å². The Morgan fingerprint density at radius 2 is 1.71 bits per heavy atom. The first-order chi connectivity index (χ1) is 14.3. The van der Waals surface area contributed by atoms with Gasteiger partial charge in [0.15, 0.2) is 0 Å². The Kier molecular flexibility index (Phi) is 5.61. The molecule has 0 aliphatic heterocycles. The van der Waals surface area contributed by atoms with E-state index in [2.05, 4.69) is 4.98 Å². The number of halogens is 5. The van der Waals surface area contributed by atoms with Crippen molar-refractivity contribution < 1.29 is 35.2 Å². The van der Waals surface area contributed by atoms with Crippen molar-refractivity contribution in [2.45, 2.75) is 18.0 Å². The lowest BCUT2D eigenvalue weighted by molar-refractivity contribution is -0.137. The molecule has 1 heterocycles. The summed E-state index contributed by atoms with van der Waals surface area (Å²) >= 11 is 0. The number of nitrogens with one attached hydrogen (secondary N) is 1. The fourth-order valence-electron chi connectivity index (χ4n) is 2.81. The van der Waals surface area contributed by atoms with Gasteiger partial charge in [0.25, 0.3) is 15.9 Å². The van der Waals surface area contributed by atoms with Gasteiger partial charge in [0.2, 0.25) is 0 Å². The Balaban J connectivity index is 1.96. The lowest BCUT2D eigenvalue weighted by Gasteiger charge is -2.12. The van der Waals surface area contributed by atoms with Crippen LogP contribution in [0.1, 0.15) is 21.6 Å². The predicted molar refractivity (Wildman–Crippen MR) is 99.4 cm³/mol. The summed E-state index contributed by atoms with van der Waals surface area (Å²) < 4.78 is 94.6. The van der Waals surface area contributed by atoms with Crippen LogP contribution in [0.4, 0.5) is 22.0 Å². The van der Waals surface area contributed by atoms with E-state index < -0.39 is 55.5 Å². The molecular weight excluding hydrogens is 445 g/mol. The number of carbonyl (C=O) groups is 1. The second-order valence-electron chi connectivity index (χ2n) is 6.57. The molecule has 12 heteroatoms. The fraction of sp³-hybridized carbons (Fsp3) is 0.158. The molecule has 0 radical (unpaired) electrons. The molecule has 0 bridgehead atoms. The van der Waals surface area contributed by atoms with Crippen LogP contribution in [0.15, 0.2) is 47.5 Å². The Bertz CT molecular complexity index is 1260. The Morgan fingerprint density at radius 3 is 2.29 bits per heavy atom. The highest BCUT2D eigenvalue weighted by Gasteiger charge is 2.33. The van der Waals surface area contributed by atoms with E-state index in [1.807, 2.05) is 0 Å². The van der Waals surface area contributed by atoms with E-state index in [0.29, 0.717) is 12.1 Å². The summed E-state index contributed by atoms with van der Waals surface area (Å²) in [6.45, 7) is 1.26. The van der Waals surface area contributed by atoms with Crippen LogP contribution in [0, 0.1) is 18.6 Å². The zero-order valence-corrected chi connectivity index (χ0v) is 16.8. The van der Waals surface area contributed by atoms with Gasteiger partial charge in [-0.3, -0.25) is 4.79 Å². The summed E-state index contributed by atoms with van der Waals surface area (Å²) in [5.41, 5.74) is -2.27. The first-order valence-electron chi connectivity index (χ1n) is 8.54. The Hall–Kier alpha value is -3.28. The van der Waals surface area contributed by atoms with Crippen LogP contribution in [0.5, 0.6) is 0 Å². The molecule has 0 unspecified atom stereocenters. The number of nitrogens with zero attached hydrogens (tertiary/aromatic N) is 2. The summed E-state index contributed by atoms with van der Waals surface area (Å²) in [6.07, 6.45) is -3.76. The molecule has 0 spiro atoms. The van der Waals surface area contributed by atoms with E-state index in [-0.39, 0.29) is 11.4 Å². The molecule has 1 N–H and O–H groups in total. The van der Waals surface area contributed by atoms with Gasteiger partial charge in [-0.25, -0.2) is 26.9 Å². The molecule has 0 aliphatic carbocycles. The third-order valence-corrected chi connectivity index (χ3v) is 5.80. The highest BCUT2D eigenvalue weighted by Crippen LogP contribution is 2.32. The SMILES string of the molecule is Cc1ccc(C(F)(F)F)cc1S(=O)(=O)NC(=O)c1cn(C)c(-c2c(F)cccc2F)n1. The van der Waals surface area contributed by atoms with Crippen LogP contribution in [0.3, 0.4) is 0 Å². The number of hydrogen-bond donors (Lipinski definition) is 1. The number of benzene rings is 2. The molecule has 0 saturated carbocycles. The van der Waals surface area contributed by atoms with Crippen molar-refractivity contribution >= 4 is 15.9 Å². The molecule has 1 aromatic heterocycles. The highest BCUT2D eigenvalue weighted by molar-refractivity contribution is 7.90. The number of hydrogen-bond acceptors (Lipinski definition) is 4. The number of rotatable bonds is 4. The zero-order valence-electron chi connectivity index (χ0n) is 16.0. The van der Waals surface area contributed by atoms with Gasteiger partial charge in [-0.1, -0.05) is 12.1 Å². The highest BCUT2D eigenvalue weighted by atomic mass is 32.2. The molecule has 0 fully saturated rings. The lowest BCUT2D eigenvalue weighted by atomic mass is 10.1. The third kappa shape index (κ3) is 4.43. The standard InChI is InChI=1S/C19H14F5N3O3S/c1-10-6-7-11(19(22,23)24)8-15(10)31(29,30)26-18(28)14-9-27(2)17(25-14)16-12(20)4-3-5-13(16)21/h3-9H,1-2H3,(H,26,28). The van der Waals surface area contributed by atoms with Crippen molar-refractivity contribution in [2.75, 3.05) is 0 Å². The van der Waals surface area contributed by atoms with Gasteiger partial charge in [-0.2, -0.15) is 13.2 Å². The van der Waals surface area contributed by atoms with E-state index in [1.54, 1.807) is 4.72 Å². The van der Waals surface area contributed by atoms with Gasteiger partial charge in [-0.15, -0.1) is 0 Å². The van der Waals surface area contributed by atoms with Gasteiger partial charge in [-0.05, 0) is 36.8 Å². The van der Waals surface area contributed by atoms with E-state index >= 15 is 0 Å². The van der Waals surface area contributed by atoms with Crippen LogP contribution < -0.4 is 4.72 Å². The van der Waals surface area contributed by atoms with E-state index in [1.165, 1.54) is 14.0 Å². The number of aromatic nitrogens is 2. The summed E-state index contributed by atoms with van der Waals surface area (Å²) in [5, 5.41) is 0. The van der Waals surface area contributed by atoms with Crippen molar-refractivity contribution in [1.82, 2.24) is 14.3 Å². The maximum absolute atomic E-state index is 14.0. The van der Waals surface area contributed by atoms with Crippen LogP contribution in [0.2, 0.25) is 0 Å². The quantitative estimate of drug-likeness (QED) is 0.602. The average molecular weight is 459 g/mol. The van der Waals surface area contributed by atoms with E-state index in [4.69, 9.17) is 0 Å². The second-order valence-corrected chi connectivity index (χ2v) is 8.22. The van der Waals surface area contributed by atoms with Gasteiger partial charge in [0.1, 0.15) is 23.2 Å². The van der Waals surface area contributed by atoms with Crippen LogP contribution in [-0.4, -0.2) is 23.9 Å². The molecule has 0 saturated heterocycles. The van der Waals surface area contributed by atoms with Crippen molar-refractivity contribution in [3.8, 4) is 11.4 Å². The maximum Gasteiger partial charge on any atom is 0.416 e. The molecule has 0 atom stereocenters. The number of aryl methyl sites for hydroxylation is 2. The zero-order chi connectivity index (χ0) is 23.1. The monoisotopic (exact) mass is 459 g/mol. The second kappa shape index (κ2) is 7.76. The van der Waals surface area contributed by atoms with Gasteiger partial charge in [0, 0.05) is 13.2 Å². The number of amides is 1. The molecule has 3 rings (SSSR count). The summed E-state index contributed by atoms with van der Waals surface area (Å²) in [7, 11) is -3.37. The lowest BCUT2D eigenvalue weighted by Crippen LogP contribution is -2.31. The molecule has 0 aliphatic rings. The fourth-order valence-corrected chi connectivity index (χ4v) is 4.05. The van der Waals surface area contributed by atoms with Crippen LogP contribution in [0.25, 0.3) is 11.4 Å².